The molecule has 0 saturated heterocycles. The van der Waals surface area contributed by atoms with Crippen LogP contribution >= 0.6 is 0 Å². The number of nitrogens with one attached hydrogen (secondary N) is 1. The first-order chi connectivity index (χ1) is 12.7. The van der Waals surface area contributed by atoms with Gasteiger partial charge in [0.25, 0.3) is 0 Å². The largest absolute Gasteiger partial charge is 0.497 e. The molecule has 0 heterocycles. The molecule has 27 heavy (non-hydrogen) atoms. The number of benzene rings is 2. The van der Waals surface area contributed by atoms with Crippen LogP contribution in [0, 0.1) is 13.8 Å². The first kappa shape index (κ1) is 20.8. The van der Waals surface area contributed by atoms with Gasteiger partial charge in [0.05, 0.1) is 19.1 Å². The highest BCUT2D eigenvalue weighted by atomic mass is 32.2. The minimum Gasteiger partial charge on any atom is -0.497 e. The van der Waals surface area contributed by atoms with Crippen molar-refractivity contribution < 1.29 is 17.9 Å². The lowest BCUT2D eigenvalue weighted by Gasteiger charge is -2.30. The average molecular weight is 391 g/mol. The maximum atomic E-state index is 12.9. The number of carbonyl (C=O) groups is 1. The quantitative estimate of drug-likeness (QED) is 0.785. The predicted molar refractivity (Wildman–Crippen MR) is 109 cm³/mol. The van der Waals surface area contributed by atoms with Crippen LogP contribution in [0.5, 0.6) is 5.75 Å². The van der Waals surface area contributed by atoms with Crippen LogP contribution in [0.2, 0.25) is 0 Å². The maximum Gasteiger partial charge on any atom is 0.248 e. The number of amides is 1. The Bertz CT molecular complexity index is 888. The molecule has 2 aromatic carbocycles. The molecule has 0 spiro atoms. The zero-order chi connectivity index (χ0) is 20.2. The molecule has 0 aliphatic carbocycles. The van der Waals surface area contributed by atoms with Crippen molar-refractivity contribution in [3.05, 3.63) is 53.6 Å². The molecule has 6 nitrogen and oxygen atoms in total. The van der Waals surface area contributed by atoms with Gasteiger partial charge in [0.15, 0.2) is 0 Å². The SMILES string of the molecule is CCC(C(=O)Nc1ccc(OC)cc1)N(c1cc(C)cc(C)c1)S(C)(=O)=O. The lowest BCUT2D eigenvalue weighted by Crippen LogP contribution is -2.47. The Morgan fingerprint density at radius 2 is 1.67 bits per heavy atom. The van der Waals surface area contributed by atoms with E-state index in [4.69, 9.17) is 4.74 Å². The van der Waals surface area contributed by atoms with E-state index in [-0.39, 0.29) is 5.91 Å². The summed E-state index contributed by atoms with van der Waals surface area (Å²) in [5, 5.41) is 2.80. The number of hydrogen-bond donors (Lipinski definition) is 1. The van der Waals surface area contributed by atoms with Crippen molar-refractivity contribution in [1.82, 2.24) is 0 Å². The Labute approximate surface area is 161 Å². The second-order valence-electron chi connectivity index (χ2n) is 6.55. The van der Waals surface area contributed by atoms with Gasteiger partial charge in [-0.2, -0.15) is 0 Å². The molecule has 7 heteroatoms. The van der Waals surface area contributed by atoms with Gasteiger partial charge in [0.2, 0.25) is 15.9 Å². The van der Waals surface area contributed by atoms with Crippen molar-refractivity contribution in [3.8, 4) is 5.75 Å². The van der Waals surface area contributed by atoms with Crippen LogP contribution in [0.25, 0.3) is 0 Å². The van der Waals surface area contributed by atoms with Crippen LogP contribution in [0.15, 0.2) is 42.5 Å². The van der Waals surface area contributed by atoms with E-state index in [1.165, 1.54) is 4.31 Å². The first-order valence-electron chi connectivity index (χ1n) is 8.68. The molecule has 0 fully saturated rings. The summed E-state index contributed by atoms with van der Waals surface area (Å²) in [6.07, 6.45) is 1.45. The molecule has 0 radical (unpaired) electrons. The standard InChI is InChI=1S/C20H26N2O4S/c1-6-19(20(23)21-16-7-9-18(26-4)10-8-16)22(27(5,24)25)17-12-14(2)11-15(3)13-17/h7-13,19H,6H2,1-5H3,(H,21,23). The number of anilines is 2. The molecule has 146 valence electrons. The Kier molecular flexibility index (Phi) is 6.49. The van der Waals surface area contributed by atoms with Crippen molar-refractivity contribution in [2.24, 2.45) is 0 Å². The molecule has 0 saturated carbocycles. The van der Waals surface area contributed by atoms with Crippen LogP contribution < -0.4 is 14.4 Å². The number of nitrogens with zero attached hydrogens (tertiary/aromatic N) is 1. The summed E-state index contributed by atoms with van der Waals surface area (Å²) in [6, 6.07) is 11.5. The fourth-order valence-electron chi connectivity index (χ4n) is 3.04. The number of ether oxygens (including phenoxy) is 1. The fourth-order valence-corrected chi connectivity index (χ4v) is 4.23. The Morgan fingerprint density at radius 3 is 2.11 bits per heavy atom. The van der Waals surface area contributed by atoms with Gasteiger partial charge in [-0.1, -0.05) is 13.0 Å². The van der Waals surface area contributed by atoms with E-state index in [9.17, 15) is 13.2 Å². The van der Waals surface area contributed by atoms with Gasteiger partial charge in [-0.25, -0.2) is 8.42 Å². The smallest absolute Gasteiger partial charge is 0.248 e. The molecule has 0 bridgehead atoms. The molecule has 1 N–H and O–H groups in total. The van der Waals surface area contributed by atoms with E-state index in [1.54, 1.807) is 50.4 Å². The molecule has 0 aromatic heterocycles. The molecule has 1 amide bonds. The van der Waals surface area contributed by atoms with Gasteiger partial charge in [-0.05, 0) is 67.8 Å². The summed E-state index contributed by atoms with van der Waals surface area (Å²) in [7, 11) is -2.09. The Balaban J connectivity index is 2.37. The summed E-state index contributed by atoms with van der Waals surface area (Å²) in [6.45, 7) is 5.59. The predicted octanol–water partition coefficient (Wildman–Crippen LogP) is 3.50. The molecular weight excluding hydrogens is 364 g/mol. The van der Waals surface area contributed by atoms with Gasteiger partial charge in [-0.3, -0.25) is 9.10 Å². The Hall–Kier alpha value is -2.54. The minimum absolute atomic E-state index is 0.335. The fraction of sp³-hybridized carbons (Fsp3) is 0.350. The van der Waals surface area contributed by atoms with Crippen LogP contribution in [0.3, 0.4) is 0 Å². The van der Waals surface area contributed by atoms with Crippen LogP contribution in [-0.4, -0.2) is 33.7 Å². The zero-order valence-electron chi connectivity index (χ0n) is 16.3. The summed E-state index contributed by atoms with van der Waals surface area (Å²) >= 11 is 0. The average Bonchev–Trinajstić information content (AvgIpc) is 2.58. The number of aryl methyl sites for hydroxylation is 2. The molecule has 0 aliphatic rings. The summed E-state index contributed by atoms with van der Waals surface area (Å²) in [4.78, 5) is 12.9. The van der Waals surface area contributed by atoms with Crippen molar-refractivity contribution >= 4 is 27.3 Å². The van der Waals surface area contributed by atoms with Gasteiger partial charge >= 0.3 is 0 Å². The number of rotatable bonds is 7. The molecule has 0 aliphatic heterocycles. The normalized spacial score (nSPS) is 12.3. The van der Waals surface area contributed by atoms with Crippen LogP contribution in [0.1, 0.15) is 24.5 Å². The highest BCUT2D eigenvalue weighted by Crippen LogP contribution is 2.26. The Morgan fingerprint density at radius 1 is 1.11 bits per heavy atom. The second-order valence-corrected chi connectivity index (χ2v) is 8.41. The minimum atomic E-state index is -3.66. The van der Waals surface area contributed by atoms with E-state index < -0.39 is 16.1 Å². The molecule has 2 aromatic rings. The number of methoxy groups -OCH3 is 1. The third-order valence-electron chi connectivity index (χ3n) is 4.15. The van der Waals surface area contributed by atoms with Crippen LogP contribution in [-0.2, 0) is 14.8 Å². The number of sulfonamides is 1. The molecule has 2 rings (SSSR count). The topological polar surface area (TPSA) is 75.7 Å². The molecule has 1 atom stereocenters. The summed E-state index contributed by atoms with van der Waals surface area (Å²) < 4.78 is 31.4. The lowest BCUT2D eigenvalue weighted by molar-refractivity contribution is -0.117. The van der Waals surface area contributed by atoms with Crippen LogP contribution in [0.4, 0.5) is 11.4 Å². The monoisotopic (exact) mass is 390 g/mol. The van der Waals surface area contributed by atoms with E-state index in [0.717, 1.165) is 17.4 Å². The number of hydrogen-bond acceptors (Lipinski definition) is 4. The zero-order valence-corrected chi connectivity index (χ0v) is 17.1. The van der Waals surface area contributed by atoms with E-state index >= 15 is 0 Å². The third kappa shape index (κ3) is 5.23. The van der Waals surface area contributed by atoms with E-state index in [2.05, 4.69) is 5.32 Å². The highest BCUT2D eigenvalue weighted by molar-refractivity contribution is 7.92. The van der Waals surface area contributed by atoms with Crippen molar-refractivity contribution in [1.29, 1.82) is 0 Å². The first-order valence-corrected chi connectivity index (χ1v) is 10.5. The van der Waals surface area contributed by atoms with Gasteiger partial charge in [-0.15, -0.1) is 0 Å². The van der Waals surface area contributed by atoms with Gasteiger partial charge in [0, 0.05) is 5.69 Å². The van der Waals surface area contributed by atoms with E-state index in [0.29, 0.717) is 23.5 Å². The van der Waals surface area contributed by atoms with Crippen molar-refractivity contribution in [2.75, 3.05) is 23.0 Å². The van der Waals surface area contributed by atoms with Gasteiger partial charge in [0.1, 0.15) is 11.8 Å². The molecular formula is C20H26N2O4S. The third-order valence-corrected chi connectivity index (χ3v) is 5.33. The van der Waals surface area contributed by atoms with Gasteiger partial charge < -0.3 is 10.1 Å². The second kappa shape index (κ2) is 8.43. The number of carbonyl (C=O) groups excluding carboxylic acids is 1. The molecule has 1 unspecified atom stereocenters. The van der Waals surface area contributed by atoms with E-state index in [1.807, 2.05) is 19.9 Å². The maximum absolute atomic E-state index is 12.9. The summed E-state index contributed by atoms with van der Waals surface area (Å²) in [5.74, 6) is 0.292. The lowest BCUT2D eigenvalue weighted by atomic mass is 10.1. The van der Waals surface area contributed by atoms with Crippen molar-refractivity contribution in [3.63, 3.8) is 0 Å². The van der Waals surface area contributed by atoms with Crippen molar-refractivity contribution in [2.45, 2.75) is 33.2 Å². The highest BCUT2D eigenvalue weighted by Gasteiger charge is 2.31. The summed E-state index contributed by atoms with van der Waals surface area (Å²) in [5.41, 5.74) is 2.94.